The van der Waals surface area contributed by atoms with Crippen LogP contribution in [0.4, 0.5) is 0 Å². The van der Waals surface area contributed by atoms with Gasteiger partial charge in [-0.3, -0.25) is 4.79 Å². The lowest BCUT2D eigenvalue weighted by Crippen LogP contribution is -2.33. The largest absolute Gasteiger partial charge is 0.481 e. The predicted octanol–water partition coefficient (Wildman–Crippen LogP) is 1.41. The number of rotatable bonds is 5. The van der Waals surface area contributed by atoms with Crippen LogP contribution in [-0.2, 0) is 4.79 Å². The zero-order chi connectivity index (χ0) is 9.73. The first-order valence-corrected chi connectivity index (χ1v) is 4.76. The molecule has 74 valence electrons. The fraction of sp³-hybridized carbons (Fsp3) is 0.700. The molecule has 1 aliphatic rings. The highest BCUT2D eigenvalue weighted by Crippen LogP contribution is 2.31. The molecule has 13 heavy (non-hydrogen) atoms. The van der Waals surface area contributed by atoms with Crippen molar-refractivity contribution in [2.75, 3.05) is 13.1 Å². The summed E-state index contributed by atoms with van der Waals surface area (Å²) in [6.45, 7) is 5.09. The Balaban J connectivity index is 2.47. The Kier molecular flexibility index (Phi) is 3.48. The summed E-state index contributed by atoms with van der Waals surface area (Å²) in [6.07, 6.45) is 5.21. The summed E-state index contributed by atoms with van der Waals surface area (Å²) in [5, 5.41) is 12.2. The Morgan fingerprint density at radius 2 is 2.46 bits per heavy atom. The van der Waals surface area contributed by atoms with Gasteiger partial charge in [-0.2, -0.15) is 0 Å². The Morgan fingerprint density at radius 1 is 1.69 bits per heavy atom. The molecular formula is C10H17NO2. The second kappa shape index (κ2) is 4.42. The van der Waals surface area contributed by atoms with Crippen molar-refractivity contribution in [2.24, 2.45) is 5.41 Å². The van der Waals surface area contributed by atoms with Crippen LogP contribution in [0.1, 0.15) is 25.7 Å². The van der Waals surface area contributed by atoms with Crippen molar-refractivity contribution >= 4 is 5.97 Å². The highest BCUT2D eigenvalue weighted by atomic mass is 16.4. The maximum Gasteiger partial charge on any atom is 0.310 e. The van der Waals surface area contributed by atoms with E-state index in [4.69, 9.17) is 5.11 Å². The lowest BCUT2D eigenvalue weighted by molar-refractivity contribution is -0.148. The molecule has 1 heterocycles. The monoisotopic (exact) mass is 183 g/mol. The average molecular weight is 183 g/mol. The van der Waals surface area contributed by atoms with Gasteiger partial charge in [0, 0.05) is 6.54 Å². The molecule has 1 saturated heterocycles. The van der Waals surface area contributed by atoms with Crippen molar-refractivity contribution < 1.29 is 9.90 Å². The fourth-order valence-electron chi connectivity index (χ4n) is 1.83. The SMILES string of the molecule is C=CCCCC1(C(=O)O)CCNC1. The van der Waals surface area contributed by atoms with E-state index in [2.05, 4.69) is 11.9 Å². The average Bonchev–Trinajstić information content (AvgIpc) is 2.55. The number of allylic oxidation sites excluding steroid dienone is 1. The number of carbonyl (C=O) groups is 1. The molecule has 0 aliphatic carbocycles. The van der Waals surface area contributed by atoms with Gasteiger partial charge in [0.05, 0.1) is 5.41 Å². The first kappa shape index (κ1) is 10.3. The van der Waals surface area contributed by atoms with Crippen LogP contribution in [0.25, 0.3) is 0 Å². The normalized spacial score (nSPS) is 27.4. The van der Waals surface area contributed by atoms with E-state index < -0.39 is 11.4 Å². The molecule has 1 atom stereocenters. The van der Waals surface area contributed by atoms with Gasteiger partial charge in [0.1, 0.15) is 0 Å². The Hall–Kier alpha value is -0.830. The van der Waals surface area contributed by atoms with E-state index in [1.165, 1.54) is 0 Å². The molecule has 1 rings (SSSR count). The first-order valence-electron chi connectivity index (χ1n) is 4.76. The fourth-order valence-corrected chi connectivity index (χ4v) is 1.83. The van der Waals surface area contributed by atoms with Crippen molar-refractivity contribution in [2.45, 2.75) is 25.7 Å². The van der Waals surface area contributed by atoms with Gasteiger partial charge in [-0.05, 0) is 32.2 Å². The summed E-state index contributed by atoms with van der Waals surface area (Å²) in [6, 6.07) is 0. The third-order valence-corrected chi connectivity index (χ3v) is 2.76. The smallest absolute Gasteiger partial charge is 0.310 e. The van der Waals surface area contributed by atoms with Gasteiger partial charge in [0.2, 0.25) is 0 Å². The molecule has 0 aromatic carbocycles. The number of unbranched alkanes of at least 4 members (excludes halogenated alkanes) is 1. The third-order valence-electron chi connectivity index (χ3n) is 2.76. The van der Waals surface area contributed by atoms with Crippen LogP contribution in [0.3, 0.4) is 0 Å². The predicted molar refractivity (Wildman–Crippen MR) is 51.6 cm³/mol. The Bertz CT molecular complexity index is 195. The topological polar surface area (TPSA) is 49.3 Å². The molecule has 1 fully saturated rings. The molecule has 0 bridgehead atoms. The number of carboxylic acids is 1. The lowest BCUT2D eigenvalue weighted by atomic mass is 9.82. The van der Waals surface area contributed by atoms with Crippen LogP contribution in [0.2, 0.25) is 0 Å². The molecule has 0 saturated carbocycles. The van der Waals surface area contributed by atoms with Crippen molar-refractivity contribution in [3.05, 3.63) is 12.7 Å². The molecular weight excluding hydrogens is 166 g/mol. The minimum atomic E-state index is -0.651. The number of nitrogens with one attached hydrogen (secondary N) is 1. The van der Waals surface area contributed by atoms with E-state index >= 15 is 0 Å². The highest BCUT2D eigenvalue weighted by molar-refractivity contribution is 5.75. The minimum absolute atomic E-state index is 0.497. The number of hydrogen-bond acceptors (Lipinski definition) is 2. The summed E-state index contributed by atoms with van der Waals surface area (Å²) in [7, 11) is 0. The van der Waals surface area contributed by atoms with Crippen molar-refractivity contribution in [3.63, 3.8) is 0 Å². The number of hydrogen-bond donors (Lipinski definition) is 2. The van der Waals surface area contributed by atoms with Crippen LogP contribution in [-0.4, -0.2) is 24.2 Å². The molecule has 1 aliphatic heterocycles. The second-order valence-electron chi connectivity index (χ2n) is 3.69. The highest BCUT2D eigenvalue weighted by Gasteiger charge is 2.40. The number of aliphatic carboxylic acids is 1. The summed E-state index contributed by atoms with van der Waals surface area (Å²) in [5.41, 5.74) is -0.497. The van der Waals surface area contributed by atoms with E-state index in [1.807, 2.05) is 6.08 Å². The van der Waals surface area contributed by atoms with E-state index in [0.29, 0.717) is 6.54 Å². The Labute approximate surface area is 78.8 Å². The van der Waals surface area contributed by atoms with Crippen molar-refractivity contribution in [1.29, 1.82) is 0 Å². The third kappa shape index (κ3) is 2.31. The first-order chi connectivity index (χ1) is 6.21. The standard InChI is InChI=1S/C10H17NO2/c1-2-3-4-5-10(9(12)13)6-7-11-8-10/h2,11H,1,3-8H2,(H,12,13). The van der Waals surface area contributed by atoms with Gasteiger partial charge in [-0.15, -0.1) is 6.58 Å². The van der Waals surface area contributed by atoms with Gasteiger partial charge >= 0.3 is 5.97 Å². The van der Waals surface area contributed by atoms with Crippen LogP contribution >= 0.6 is 0 Å². The van der Waals surface area contributed by atoms with Gasteiger partial charge in [0.15, 0.2) is 0 Å². The Morgan fingerprint density at radius 3 is 2.92 bits per heavy atom. The van der Waals surface area contributed by atoms with E-state index in [1.54, 1.807) is 0 Å². The van der Waals surface area contributed by atoms with Gasteiger partial charge in [0.25, 0.3) is 0 Å². The van der Waals surface area contributed by atoms with Gasteiger partial charge < -0.3 is 10.4 Å². The van der Waals surface area contributed by atoms with Crippen LogP contribution < -0.4 is 5.32 Å². The number of carboxylic acid groups (broad SMARTS) is 1. The molecule has 0 spiro atoms. The molecule has 0 aromatic heterocycles. The van der Waals surface area contributed by atoms with Gasteiger partial charge in [-0.25, -0.2) is 0 Å². The maximum atomic E-state index is 11.1. The second-order valence-corrected chi connectivity index (χ2v) is 3.69. The summed E-state index contributed by atoms with van der Waals surface area (Å²) < 4.78 is 0. The van der Waals surface area contributed by atoms with Crippen LogP contribution in [0.5, 0.6) is 0 Å². The van der Waals surface area contributed by atoms with E-state index in [9.17, 15) is 4.79 Å². The molecule has 1 unspecified atom stereocenters. The molecule has 3 heteroatoms. The summed E-state index contributed by atoms with van der Waals surface area (Å²) in [4.78, 5) is 11.1. The summed E-state index contributed by atoms with van der Waals surface area (Å²) in [5.74, 6) is -0.651. The van der Waals surface area contributed by atoms with Crippen LogP contribution in [0, 0.1) is 5.41 Å². The molecule has 0 amide bonds. The lowest BCUT2D eigenvalue weighted by Gasteiger charge is -2.22. The summed E-state index contributed by atoms with van der Waals surface area (Å²) >= 11 is 0. The molecule has 0 radical (unpaired) electrons. The van der Waals surface area contributed by atoms with Crippen molar-refractivity contribution in [1.82, 2.24) is 5.32 Å². The molecule has 0 aromatic rings. The van der Waals surface area contributed by atoms with E-state index in [0.717, 1.165) is 32.2 Å². The zero-order valence-corrected chi connectivity index (χ0v) is 7.88. The zero-order valence-electron chi connectivity index (χ0n) is 7.88. The minimum Gasteiger partial charge on any atom is -0.481 e. The van der Waals surface area contributed by atoms with Crippen LogP contribution in [0.15, 0.2) is 12.7 Å². The quantitative estimate of drug-likeness (QED) is 0.500. The molecule has 3 nitrogen and oxygen atoms in total. The maximum absolute atomic E-state index is 11.1. The van der Waals surface area contributed by atoms with Gasteiger partial charge in [-0.1, -0.05) is 6.08 Å². The van der Waals surface area contributed by atoms with Crippen molar-refractivity contribution in [3.8, 4) is 0 Å². The molecule has 2 N–H and O–H groups in total. The van der Waals surface area contributed by atoms with E-state index in [-0.39, 0.29) is 0 Å².